The van der Waals surface area contributed by atoms with E-state index in [-0.39, 0.29) is 5.91 Å². The molecule has 1 atom stereocenters. The summed E-state index contributed by atoms with van der Waals surface area (Å²) in [7, 11) is 0. The molecule has 0 unspecified atom stereocenters. The van der Waals surface area contributed by atoms with Gasteiger partial charge in [0.25, 0.3) is 0 Å². The maximum absolute atomic E-state index is 12.7. The Bertz CT molecular complexity index is 704. The summed E-state index contributed by atoms with van der Waals surface area (Å²) in [6.45, 7) is 8.07. The molecular formula is C20H27N3O. The predicted octanol–water partition coefficient (Wildman–Crippen LogP) is 3.72. The quantitative estimate of drug-likeness (QED) is 0.859. The number of nitrogens with zero attached hydrogens (tertiary/aromatic N) is 3. The summed E-state index contributed by atoms with van der Waals surface area (Å²) in [4.78, 5) is 19.3. The van der Waals surface area contributed by atoms with E-state index >= 15 is 0 Å². The molecule has 1 saturated heterocycles. The molecule has 128 valence electrons. The third kappa shape index (κ3) is 3.69. The maximum Gasteiger partial charge on any atom is 0.227 e. The number of likely N-dealkylation sites (tertiary alicyclic amines) is 1. The van der Waals surface area contributed by atoms with Crippen LogP contribution in [0.15, 0.2) is 36.7 Å². The Morgan fingerprint density at radius 3 is 2.96 bits per heavy atom. The molecule has 2 heterocycles. The fourth-order valence-corrected chi connectivity index (χ4v) is 3.60. The molecule has 1 aliphatic rings. The highest BCUT2D eigenvalue weighted by molar-refractivity contribution is 5.79. The Morgan fingerprint density at radius 1 is 1.38 bits per heavy atom. The van der Waals surface area contributed by atoms with Crippen molar-refractivity contribution in [1.29, 1.82) is 0 Å². The van der Waals surface area contributed by atoms with Crippen molar-refractivity contribution >= 4 is 5.91 Å². The number of aryl methyl sites for hydroxylation is 1. The molecular weight excluding hydrogens is 298 g/mol. The van der Waals surface area contributed by atoms with E-state index in [1.807, 2.05) is 29.4 Å². The lowest BCUT2D eigenvalue weighted by Gasteiger charge is -2.33. The van der Waals surface area contributed by atoms with Gasteiger partial charge in [-0.25, -0.2) is 4.98 Å². The first-order valence-corrected chi connectivity index (χ1v) is 8.90. The lowest BCUT2D eigenvalue weighted by Crippen LogP contribution is -2.40. The maximum atomic E-state index is 12.7. The fraction of sp³-hybridized carbons (Fsp3) is 0.500. The molecule has 4 heteroatoms. The summed E-state index contributed by atoms with van der Waals surface area (Å²) >= 11 is 0. The zero-order valence-corrected chi connectivity index (χ0v) is 14.9. The number of piperidine rings is 1. The second-order valence-electron chi connectivity index (χ2n) is 7.13. The topological polar surface area (TPSA) is 38.1 Å². The van der Waals surface area contributed by atoms with Gasteiger partial charge in [0.2, 0.25) is 5.91 Å². The van der Waals surface area contributed by atoms with Crippen LogP contribution in [0, 0.1) is 6.92 Å². The fourth-order valence-electron chi connectivity index (χ4n) is 3.60. The van der Waals surface area contributed by atoms with E-state index < -0.39 is 0 Å². The summed E-state index contributed by atoms with van der Waals surface area (Å²) in [5.41, 5.74) is 2.31. The van der Waals surface area contributed by atoms with Gasteiger partial charge in [0, 0.05) is 37.4 Å². The number of hydrogen-bond acceptors (Lipinski definition) is 2. The van der Waals surface area contributed by atoms with Crippen molar-refractivity contribution in [3.05, 3.63) is 53.6 Å². The number of imidazole rings is 1. The monoisotopic (exact) mass is 325 g/mol. The molecule has 0 saturated carbocycles. The number of aromatic nitrogens is 2. The zero-order valence-electron chi connectivity index (χ0n) is 14.9. The molecule has 1 aromatic heterocycles. The van der Waals surface area contributed by atoms with Crippen molar-refractivity contribution in [2.24, 2.45) is 0 Å². The number of carbonyl (C=O) groups excluding carboxylic acids is 1. The molecule has 1 aromatic carbocycles. The first-order valence-electron chi connectivity index (χ1n) is 8.90. The Hall–Kier alpha value is -2.10. The first kappa shape index (κ1) is 16.7. The van der Waals surface area contributed by atoms with Crippen molar-refractivity contribution in [3.63, 3.8) is 0 Å². The lowest BCUT2D eigenvalue weighted by molar-refractivity contribution is -0.131. The molecule has 1 aliphatic heterocycles. The van der Waals surface area contributed by atoms with Crippen LogP contribution in [0.2, 0.25) is 0 Å². The Morgan fingerprint density at radius 2 is 2.21 bits per heavy atom. The SMILES string of the molecule is Cc1cccc(CC(=O)N2CCC[C@H](c3nccn3C(C)C)C2)c1. The minimum absolute atomic E-state index is 0.230. The van der Waals surface area contributed by atoms with Crippen LogP contribution in [0.1, 0.15) is 55.6 Å². The number of amides is 1. The Labute approximate surface area is 144 Å². The highest BCUT2D eigenvalue weighted by atomic mass is 16.2. The molecule has 1 amide bonds. The smallest absolute Gasteiger partial charge is 0.227 e. The van der Waals surface area contributed by atoms with E-state index in [1.165, 1.54) is 5.56 Å². The van der Waals surface area contributed by atoms with Gasteiger partial charge < -0.3 is 9.47 Å². The summed E-state index contributed by atoms with van der Waals surface area (Å²) in [6.07, 6.45) is 6.58. The van der Waals surface area contributed by atoms with Gasteiger partial charge in [0.05, 0.1) is 6.42 Å². The molecule has 24 heavy (non-hydrogen) atoms. The molecule has 0 radical (unpaired) electrons. The molecule has 2 aromatic rings. The zero-order chi connectivity index (χ0) is 17.1. The van der Waals surface area contributed by atoms with Crippen LogP contribution >= 0.6 is 0 Å². The van der Waals surface area contributed by atoms with Gasteiger partial charge in [-0.2, -0.15) is 0 Å². The first-order chi connectivity index (χ1) is 11.5. The summed E-state index contributed by atoms with van der Waals surface area (Å²) in [5.74, 6) is 1.70. The second kappa shape index (κ2) is 7.20. The standard InChI is InChI=1S/C20H27N3O/c1-15(2)23-11-9-21-20(23)18-8-5-10-22(14-18)19(24)13-17-7-4-6-16(3)12-17/h4,6-7,9,11-12,15,18H,5,8,10,13-14H2,1-3H3/t18-/m0/s1. The van der Waals surface area contributed by atoms with Gasteiger partial charge in [-0.1, -0.05) is 29.8 Å². The van der Waals surface area contributed by atoms with Crippen molar-refractivity contribution in [2.75, 3.05) is 13.1 Å². The molecule has 1 fully saturated rings. The Balaban J connectivity index is 1.69. The molecule has 0 aliphatic carbocycles. The normalized spacial score (nSPS) is 18.2. The van der Waals surface area contributed by atoms with Gasteiger partial charge in [0.1, 0.15) is 5.82 Å². The Kier molecular flexibility index (Phi) is 5.03. The van der Waals surface area contributed by atoms with Crippen molar-refractivity contribution in [1.82, 2.24) is 14.5 Å². The van der Waals surface area contributed by atoms with Crippen LogP contribution in [0.25, 0.3) is 0 Å². The van der Waals surface area contributed by atoms with Crippen LogP contribution in [-0.2, 0) is 11.2 Å². The average Bonchev–Trinajstić information content (AvgIpc) is 3.05. The minimum atomic E-state index is 0.230. The molecule has 4 nitrogen and oxygen atoms in total. The molecule has 3 rings (SSSR count). The van der Waals surface area contributed by atoms with Gasteiger partial charge in [-0.15, -0.1) is 0 Å². The summed E-state index contributed by atoms with van der Waals surface area (Å²) < 4.78 is 2.24. The minimum Gasteiger partial charge on any atom is -0.342 e. The van der Waals surface area contributed by atoms with Gasteiger partial charge in [-0.3, -0.25) is 4.79 Å². The van der Waals surface area contributed by atoms with Gasteiger partial charge in [-0.05, 0) is 39.2 Å². The van der Waals surface area contributed by atoms with E-state index in [0.29, 0.717) is 18.4 Å². The van der Waals surface area contributed by atoms with Crippen LogP contribution in [0.5, 0.6) is 0 Å². The van der Waals surface area contributed by atoms with E-state index in [1.54, 1.807) is 0 Å². The average molecular weight is 325 g/mol. The van der Waals surface area contributed by atoms with Crippen molar-refractivity contribution in [2.45, 2.75) is 52.0 Å². The third-order valence-electron chi connectivity index (χ3n) is 4.83. The van der Waals surface area contributed by atoms with Crippen LogP contribution in [0.4, 0.5) is 0 Å². The summed E-state index contributed by atoms with van der Waals surface area (Å²) in [6, 6.07) is 8.64. The highest BCUT2D eigenvalue weighted by Crippen LogP contribution is 2.27. The second-order valence-corrected chi connectivity index (χ2v) is 7.13. The van der Waals surface area contributed by atoms with E-state index in [4.69, 9.17) is 0 Å². The number of carbonyl (C=O) groups is 1. The van der Waals surface area contributed by atoms with Crippen LogP contribution < -0.4 is 0 Å². The van der Waals surface area contributed by atoms with Crippen LogP contribution in [0.3, 0.4) is 0 Å². The molecule has 0 N–H and O–H groups in total. The molecule has 0 bridgehead atoms. The van der Waals surface area contributed by atoms with E-state index in [9.17, 15) is 4.79 Å². The predicted molar refractivity (Wildman–Crippen MR) is 96.1 cm³/mol. The highest BCUT2D eigenvalue weighted by Gasteiger charge is 2.27. The van der Waals surface area contributed by atoms with Crippen molar-refractivity contribution in [3.8, 4) is 0 Å². The number of hydrogen-bond donors (Lipinski definition) is 0. The van der Waals surface area contributed by atoms with Gasteiger partial charge in [0.15, 0.2) is 0 Å². The summed E-state index contributed by atoms with van der Waals surface area (Å²) in [5, 5.41) is 0. The molecule has 0 spiro atoms. The van der Waals surface area contributed by atoms with E-state index in [2.05, 4.69) is 42.5 Å². The van der Waals surface area contributed by atoms with Gasteiger partial charge >= 0.3 is 0 Å². The van der Waals surface area contributed by atoms with Crippen molar-refractivity contribution < 1.29 is 4.79 Å². The third-order valence-corrected chi connectivity index (χ3v) is 4.83. The number of rotatable bonds is 4. The van der Waals surface area contributed by atoms with E-state index in [0.717, 1.165) is 37.3 Å². The number of benzene rings is 1. The van der Waals surface area contributed by atoms with Crippen LogP contribution in [-0.4, -0.2) is 33.4 Å². The largest absolute Gasteiger partial charge is 0.342 e. The lowest BCUT2D eigenvalue weighted by atomic mass is 9.96.